The van der Waals surface area contributed by atoms with E-state index in [9.17, 15) is 4.79 Å². The van der Waals surface area contributed by atoms with Crippen LogP contribution in [-0.2, 0) is 0 Å². The number of urea groups is 1. The summed E-state index contributed by atoms with van der Waals surface area (Å²) in [6.45, 7) is 6.68. The molecule has 0 bridgehead atoms. The SMILES string of the molecule is COc1cc2c(cc1OC)=C1CC(=Nc3c(C)cc(C)cc3C)NC(=O)N1CC=2. The Labute approximate surface area is 170 Å². The van der Waals surface area contributed by atoms with Crippen LogP contribution in [0.1, 0.15) is 23.1 Å². The van der Waals surface area contributed by atoms with Gasteiger partial charge in [-0.2, -0.15) is 0 Å². The number of amidine groups is 1. The van der Waals surface area contributed by atoms with Gasteiger partial charge >= 0.3 is 6.03 Å². The van der Waals surface area contributed by atoms with E-state index in [1.165, 1.54) is 5.56 Å². The average Bonchev–Trinajstić information content (AvgIpc) is 2.69. The van der Waals surface area contributed by atoms with E-state index in [0.29, 0.717) is 30.3 Å². The van der Waals surface area contributed by atoms with Gasteiger partial charge in [0.1, 0.15) is 5.84 Å². The molecule has 2 amide bonds. The molecule has 2 aliphatic heterocycles. The third-order valence-corrected chi connectivity index (χ3v) is 5.40. The minimum Gasteiger partial charge on any atom is -0.493 e. The topological polar surface area (TPSA) is 63.2 Å². The molecule has 0 spiro atoms. The molecule has 0 aromatic heterocycles. The van der Waals surface area contributed by atoms with Crippen LogP contribution in [0.5, 0.6) is 11.5 Å². The normalized spacial score (nSPS) is 16.7. The molecule has 0 saturated carbocycles. The highest BCUT2D eigenvalue weighted by molar-refractivity contribution is 6.08. The van der Waals surface area contributed by atoms with Gasteiger partial charge in [-0.15, -0.1) is 0 Å². The summed E-state index contributed by atoms with van der Waals surface area (Å²) < 4.78 is 10.9. The molecule has 2 aliphatic rings. The van der Waals surface area contributed by atoms with E-state index >= 15 is 0 Å². The van der Waals surface area contributed by atoms with Crippen molar-refractivity contribution < 1.29 is 14.3 Å². The first kappa shape index (κ1) is 19.1. The van der Waals surface area contributed by atoms with Crippen molar-refractivity contribution in [2.75, 3.05) is 20.8 Å². The molecule has 1 fully saturated rings. The molecule has 29 heavy (non-hydrogen) atoms. The summed E-state index contributed by atoms with van der Waals surface area (Å²) in [6.07, 6.45) is 2.56. The molecule has 2 aromatic rings. The second-order valence-corrected chi connectivity index (χ2v) is 7.47. The molecule has 150 valence electrons. The number of nitrogens with one attached hydrogen (secondary N) is 1. The molecule has 2 heterocycles. The van der Waals surface area contributed by atoms with Gasteiger partial charge in [0.15, 0.2) is 11.5 Å². The Morgan fingerprint density at radius 3 is 2.31 bits per heavy atom. The van der Waals surface area contributed by atoms with E-state index in [1.807, 2.05) is 32.1 Å². The summed E-state index contributed by atoms with van der Waals surface area (Å²) in [7, 11) is 3.24. The lowest BCUT2D eigenvalue weighted by Crippen LogP contribution is -2.53. The number of nitrogens with zero attached hydrogens (tertiary/aromatic N) is 2. The summed E-state index contributed by atoms with van der Waals surface area (Å²) in [6, 6.07) is 7.95. The van der Waals surface area contributed by atoms with Crippen molar-refractivity contribution >= 4 is 29.3 Å². The minimum absolute atomic E-state index is 0.163. The molecule has 2 aromatic carbocycles. The largest absolute Gasteiger partial charge is 0.493 e. The van der Waals surface area contributed by atoms with Crippen LogP contribution >= 0.6 is 0 Å². The molecule has 1 saturated heterocycles. The van der Waals surface area contributed by atoms with E-state index in [0.717, 1.165) is 32.9 Å². The van der Waals surface area contributed by atoms with E-state index < -0.39 is 0 Å². The summed E-state index contributed by atoms with van der Waals surface area (Å²) in [4.78, 5) is 19.3. The third kappa shape index (κ3) is 3.35. The third-order valence-electron chi connectivity index (χ3n) is 5.40. The zero-order valence-electron chi connectivity index (χ0n) is 17.4. The maximum atomic E-state index is 12.8. The maximum Gasteiger partial charge on any atom is 0.327 e. The van der Waals surface area contributed by atoms with Gasteiger partial charge in [0.05, 0.1) is 19.9 Å². The number of ether oxygens (including phenoxy) is 2. The molecule has 4 rings (SSSR count). The fourth-order valence-corrected chi connectivity index (χ4v) is 4.10. The lowest BCUT2D eigenvalue weighted by Gasteiger charge is -2.32. The standard InChI is InChI=1S/C23H25N3O3/c1-13-8-14(2)22(15(3)9-13)24-21-12-18-17-11-20(29-5)19(28-4)10-16(17)6-7-26(18)23(27)25-21/h6,8-11H,7,12H2,1-5H3,(H,24,25,27). The highest BCUT2D eigenvalue weighted by Gasteiger charge is 2.29. The van der Waals surface area contributed by atoms with Gasteiger partial charge in [0, 0.05) is 23.9 Å². The molecule has 0 aliphatic carbocycles. The molecule has 0 atom stereocenters. The monoisotopic (exact) mass is 391 g/mol. The van der Waals surface area contributed by atoms with Crippen LogP contribution in [-0.4, -0.2) is 37.5 Å². The Morgan fingerprint density at radius 2 is 1.66 bits per heavy atom. The van der Waals surface area contributed by atoms with Crippen molar-refractivity contribution in [3.8, 4) is 11.5 Å². The van der Waals surface area contributed by atoms with Crippen LogP contribution in [0.25, 0.3) is 11.8 Å². The van der Waals surface area contributed by atoms with Crippen LogP contribution in [0.3, 0.4) is 0 Å². The first-order valence-electron chi connectivity index (χ1n) is 9.60. The molecular weight excluding hydrogens is 366 g/mol. The van der Waals surface area contributed by atoms with Gasteiger partial charge in [-0.25, -0.2) is 9.79 Å². The summed E-state index contributed by atoms with van der Waals surface area (Å²) >= 11 is 0. The van der Waals surface area contributed by atoms with Crippen LogP contribution < -0.4 is 25.2 Å². The number of carbonyl (C=O) groups excluding carboxylic acids is 1. The van der Waals surface area contributed by atoms with Crippen LogP contribution in [0.15, 0.2) is 29.3 Å². The lowest BCUT2D eigenvalue weighted by atomic mass is 10.0. The first-order valence-corrected chi connectivity index (χ1v) is 9.60. The van der Waals surface area contributed by atoms with E-state index in [4.69, 9.17) is 14.5 Å². The van der Waals surface area contributed by atoms with Gasteiger partial charge < -0.3 is 9.47 Å². The number of methoxy groups -OCH3 is 2. The molecule has 6 heteroatoms. The van der Waals surface area contributed by atoms with Gasteiger partial charge in [-0.05, 0) is 49.2 Å². The minimum atomic E-state index is -0.163. The zero-order chi connectivity index (χ0) is 20.7. The number of hydrogen-bond acceptors (Lipinski definition) is 4. The highest BCUT2D eigenvalue weighted by atomic mass is 16.5. The van der Waals surface area contributed by atoms with Crippen molar-refractivity contribution in [1.82, 2.24) is 10.2 Å². The molecule has 1 N–H and O–H groups in total. The molecular formula is C23H25N3O3. The second-order valence-electron chi connectivity index (χ2n) is 7.47. The number of aliphatic imine (C=N–C) groups is 1. The average molecular weight is 391 g/mol. The van der Waals surface area contributed by atoms with Crippen molar-refractivity contribution in [3.63, 3.8) is 0 Å². The van der Waals surface area contributed by atoms with Crippen molar-refractivity contribution in [2.24, 2.45) is 4.99 Å². The number of rotatable bonds is 3. The van der Waals surface area contributed by atoms with E-state index in [1.54, 1.807) is 19.1 Å². The number of benzene rings is 2. The van der Waals surface area contributed by atoms with Gasteiger partial charge in [-0.1, -0.05) is 23.8 Å². The van der Waals surface area contributed by atoms with Crippen LogP contribution in [0.2, 0.25) is 0 Å². The molecule has 0 radical (unpaired) electrons. The number of hydrogen-bond donors (Lipinski definition) is 1. The van der Waals surface area contributed by atoms with Crippen LogP contribution in [0, 0.1) is 20.8 Å². The second kappa shape index (κ2) is 7.28. The quantitative estimate of drug-likeness (QED) is 0.875. The van der Waals surface area contributed by atoms with E-state index in [-0.39, 0.29) is 6.03 Å². The van der Waals surface area contributed by atoms with Crippen molar-refractivity contribution in [2.45, 2.75) is 27.2 Å². The lowest BCUT2D eigenvalue weighted by molar-refractivity contribution is 0.224. The fraction of sp³-hybridized carbons (Fsp3) is 0.304. The fourth-order valence-electron chi connectivity index (χ4n) is 4.10. The number of fused-ring (bicyclic) bond motifs is 2. The maximum absolute atomic E-state index is 12.8. The van der Waals surface area contributed by atoms with Crippen molar-refractivity contribution in [1.29, 1.82) is 0 Å². The smallest absolute Gasteiger partial charge is 0.327 e. The number of amides is 2. The van der Waals surface area contributed by atoms with Gasteiger partial charge in [0.2, 0.25) is 0 Å². The Morgan fingerprint density at radius 1 is 1.00 bits per heavy atom. The number of aryl methyl sites for hydroxylation is 3. The Bertz CT molecular complexity index is 1140. The van der Waals surface area contributed by atoms with Crippen LogP contribution in [0.4, 0.5) is 10.5 Å². The Hall–Kier alpha value is -3.28. The molecule has 6 nitrogen and oxygen atoms in total. The van der Waals surface area contributed by atoms with Gasteiger partial charge in [-0.3, -0.25) is 10.2 Å². The Balaban J connectivity index is 1.86. The van der Waals surface area contributed by atoms with Crippen molar-refractivity contribution in [3.05, 3.63) is 51.4 Å². The first-order chi connectivity index (χ1) is 13.9. The summed E-state index contributed by atoms with van der Waals surface area (Å²) in [5, 5.41) is 4.95. The van der Waals surface area contributed by atoms with Gasteiger partial charge in [0.25, 0.3) is 0 Å². The predicted molar refractivity (Wildman–Crippen MR) is 114 cm³/mol. The highest BCUT2D eigenvalue weighted by Crippen LogP contribution is 2.28. The predicted octanol–water partition coefficient (Wildman–Crippen LogP) is 2.68. The number of carbonyl (C=O) groups is 1. The van der Waals surface area contributed by atoms with E-state index in [2.05, 4.69) is 24.4 Å². The summed E-state index contributed by atoms with van der Waals surface area (Å²) in [5.41, 5.74) is 5.24. The molecule has 0 unspecified atom stereocenters. The Kier molecular flexibility index (Phi) is 4.78. The summed E-state index contributed by atoms with van der Waals surface area (Å²) in [5.74, 6) is 1.97. The zero-order valence-corrected chi connectivity index (χ0v) is 17.4.